The van der Waals surface area contributed by atoms with Crippen LogP contribution >= 0.6 is 0 Å². The highest BCUT2D eigenvalue weighted by molar-refractivity contribution is 6.62. The van der Waals surface area contributed by atoms with E-state index in [-0.39, 0.29) is 5.67 Å². The Morgan fingerprint density at radius 3 is 1.45 bits per heavy atom. The van der Waals surface area contributed by atoms with Crippen molar-refractivity contribution in [3.8, 4) is 0 Å². The zero-order valence-electron chi connectivity index (χ0n) is 13.4. The summed E-state index contributed by atoms with van der Waals surface area (Å²) in [5.41, 5.74) is 0.108. The summed E-state index contributed by atoms with van der Waals surface area (Å²) >= 11 is 0. The van der Waals surface area contributed by atoms with E-state index in [1.807, 2.05) is 18.2 Å². The summed E-state index contributed by atoms with van der Waals surface area (Å²) in [5, 5.41) is 0. The molecule has 0 amide bonds. The van der Waals surface area contributed by atoms with Gasteiger partial charge in [0, 0.05) is 27.8 Å². The first-order valence-electron chi connectivity index (χ1n) is 6.90. The molecular formula is C15H30NO3Si+. The Labute approximate surface area is 125 Å². The second kappa shape index (κ2) is 9.26. The minimum atomic E-state index is -2.77. The predicted octanol–water partition coefficient (Wildman–Crippen LogP) is 2.56. The molecule has 0 spiro atoms. The van der Waals surface area contributed by atoms with Gasteiger partial charge in [-0.2, -0.15) is 0 Å². The SMILES string of the molecule is C=CC[N+](CC=C)(CC=C)C(CC)[Si](OC)(OC)OC. The van der Waals surface area contributed by atoms with Crippen LogP contribution in [0.5, 0.6) is 0 Å². The predicted molar refractivity (Wildman–Crippen MR) is 86.3 cm³/mol. The molecule has 0 aliphatic rings. The van der Waals surface area contributed by atoms with Gasteiger partial charge in [-0.25, -0.2) is 0 Å². The normalized spacial score (nSPS) is 13.8. The van der Waals surface area contributed by atoms with Crippen LogP contribution in [0.25, 0.3) is 0 Å². The third-order valence-electron chi connectivity index (χ3n) is 3.79. The third kappa shape index (κ3) is 3.90. The molecule has 0 heterocycles. The second-order valence-corrected chi connectivity index (χ2v) is 7.87. The monoisotopic (exact) mass is 300 g/mol. The quantitative estimate of drug-likeness (QED) is 0.315. The number of rotatable bonds is 12. The van der Waals surface area contributed by atoms with Crippen molar-refractivity contribution in [1.29, 1.82) is 0 Å². The first-order valence-corrected chi connectivity index (χ1v) is 8.70. The highest BCUT2D eigenvalue weighted by Crippen LogP contribution is 2.28. The Morgan fingerprint density at radius 1 is 0.900 bits per heavy atom. The van der Waals surface area contributed by atoms with Crippen LogP contribution in [0.3, 0.4) is 0 Å². The van der Waals surface area contributed by atoms with Gasteiger partial charge in [0.05, 0.1) is 19.6 Å². The van der Waals surface area contributed by atoms with Gasteiger partial charge in [0.15, 0.2) is 5.67 Å². The van der Waals surface area contributed by atoms with Crippen molar-refractivity contribution in [3.05, 3.63) is 38.0 Å². The molecule has 0 aliphatic carbocycles. The summed E-state index contributed by atoms with van der Waals surface area (Å²) in [6, 6.07) is 0. The molecule has 0 aliphatic heterocycles. The zero-order chi connectivity index (χ0) is 15.6. The highest BCUT2D eigenvalue weighted by Gasteiger charge is 2.57. The molecule has 4 nitrogen and oxygen atoms in total. The van der Waals surface area contributed by atoms with E-state index in [4.69, 9.17) is 13.3 Å². The van der Waals surface area contributed by atoms with E-state index in [0.29, 0.717) is 0 Å². The topological polar surface area (TPSA) is 27.7 Å². The molecule has 116 valence electrons. The fraction of sp³-hybridized carbons (Fsp3) is 0.600. The summed E-state index contributed by atoms with van der Waals surface area (Å²) in [7, 11) is 2.21. The van der Waals surface area contributed by atoms with Gasteiger partial charge >= 0.3 is 8.80 Å². The molecule has 0 aromatic carbocycles. The van der Waals surface area contributed by atoms with Crippen molar-refractivity contribution >= 4 is 8.80 Å². The van der Waals surface area contributed by atoms with Gasteiger partial charge in [-0.3, -0.25) is 0 Å². The fourth-order valence-corrected chi connectivity index (χ4v) is 5.81. The van der Waals surface area contributed by atoms with Crippen LogP contribution in [-0.2, 0) is 13.3 Å². The van der Waals surface area contributed by atoms with Crippen LogP contribution < -0.4 is 0 Å². The molecule has 0 aromatic heterocycles. The van der Waals surface area contributed by atoms with Gasteiger partial charge in [-0.15, -0.1) is 0 Å². The van der Waals surface area contributed by atoms with E-state index in [2.05, 4.69) is 26.7 Å². The minimum absolute atomic E-state index is 0.108. The molecule has 1 unspecified atom stereocenters. The van der Waals surface area contributed by atoms with E-state index < -0.39 is 8.80 Å². The lowest BCUT2D eigenvalue weighted by Crippen LogP contribution is -2.70. The van der Waals surface area contributed by atoms with Gasteiger partial charge in [0.25, 0.3) is 0 Å². The standard InChI is InChI=1S/C15H30NO3Si/c1-8-12-16(13-9-2,14-10-3)15(11-4)20(17-5,18-6)19-7/h8-10,15H,1-3,11-14H2,4-7H3/q+1. The van der Waals surface area contributed by atoms with Gasteiger partial charge in [0.2, 0.25) is 0 Å². The molecule has 0 aromatic rings. The van der Waals surface area contributed by atoms with Crippen LogP contribution in [0.2, 0.25) is 0 Å². The number of hydrogen-bond acceptors (Lipinski definition) is 3. The van der Waals surface area contributed by atoms with E-state index in [1.165, 1.54) is 0 Å². The molecule has 0 saturated heterocycles. The van der Waals surface area contributed by atoms with E-state index in [1.54, 1.807) is 21.3 Å². The van der Waals surface area contributed by atoms with Crippen molar-refractivity contribution in [1.82, 2.24) is 0 Å². The molecule has 0 bridgehead atoms. The number of hydrogen-bond donors (Lipinski definition) is 0. The second-order valence-electron chi connectivity index (χ2n) is 4.77. The summed E-state index contributed by atoms with van der Waals surface area (Å²) in [4.78, 5) is 0. The molecule has 0 saturated carbocycles. The number of nitrogens with zero attached hydrogens (tertiary/aromatic N) is 1. The van der Waals surface area contributed by atoms with Crippen LogP contribution in [0.4, 0.5) is 0 Å². The Balaban J connectivity index is 5.82. The Hall–Kier alpha value is -0.723. The number of quaternary nitrogens is 1. The maximum Gasteiger partial charge on any atom is 0.561 e. The van der Waals surface area contributed by atoms with E-state index in [9.17, 15) is 0 Å². The smallest absolute Gasteiger partial charge is 0.373 e. The zero-order valence-corrected chi connectivity index (χ0v) is 14.4. The average Bonchev–Trinajstić information content (AvgIpc) is 2.45. The Morgan fingerprint density at radius 2 is 1.25 bits per heavy atom. The van der Waals surface area contributed by atoms with Crippen molar-refractivity contribution in [2.45, 2.75) is 19.0 Å². The molecule has 20 heavy (non-hydrogen) atoms. The lowest BCUT2D eigenvalue weighted by Gasteiger charge is -2.47. The third-order valence-corrected chi connectivity index (χ3v) is 7.27. The average molecular weight is 300 g/mol. The highest BCUT2D eigenvalue weighted by atomic mass is 28.4. The van der Waals surface area contributed by atoms with Crippen LogP contribution in [0.15, 0.2) is 38.0 Å². The Kier molecular flexibility index (Phi) is 8.92. The molecular weight excluding hydrogens is 270 g/mol. The van der Waals surface area contributed by atoms with Gasteiger partial charge < -0.3 is 17.8 Å². The summed E-state index contributed by atoms with van der Waals surface area (Å²) in [5.74, 6) is 0. The first kappa shape index (κ1) is 19.3. The molecule has 0 rings (SSSR count). The summed E-state index contributed by atoms with van der Waals surface area (Å²) < 4.78 is 17.8. The Bertz CT molecular complexity index is 281. The van der Waals surface area contributed by atoms with Crippen LogP contribution in [-0.4, -0.2) is 59.9 Å². The van der Waals surface area contributed by atoms with E-state index >= 15 is 0 Å². The summed E-state index contributed by atoms with van der Waals surface area (Å²) in [6.45, 7) is 16.2. The summed E-state index contributed by atoms with van der Waals surface area (Å²) in [6.07, 6.45) is 6.67. The maximum absolute atomic E-state index is 5.71. The largest absolute Gasteiger partial charge is 0.561 e. The lowest BCUT2D eigenvalue weighted by molar-refractivity contribution is -0.927. The van der Waals surface area contributed by atoms with Crippen molar-refractivity contribution in [2.75, 3.05) is 41.0 Å². The van der Waals surface area contributed by atoms with Crippen molar-refractivity contribution in [3.63, 3.8) is 0 Å². The maximum atomic E-state index is 5.71. The molecule has 0 radical (unpaired) electrons. The van der Waals surface area contributed by atoms with Crippen LogP contribution in [0, 0.1) is 0 Å². The van der Waals surface area contributed by atoms with E-state index in [0.717, 1.165) is 30.5 Å². The lowest BCUT2D eigenvalue weighted by atomic mass is 10.2. The van der Waals surface area contributed by atoms with Gasteiger partial charge in [0.1, 0.15) is 0 Å². The first-order chi connectivity index (χ1) is 9.56. The van der Waals surface area contributed by atoms with Gasteiger partial charge in [-0.1, -0.05) is 26.7 Å². The molecule has 1 atom stereocenters. The van der Waals surface area contributed by atoms with Crippen molar-refractivity contribution < 1.29 is 17.8 Å². The molecule has 0 N–H and O–H groups in total. The van der Waals surface area contributed by atoms with Gasteiger partial charge in [-0.05, 0) is 18.2 Å². The molecule has 5 heteroatoms. The van der Waals surface area contributed by atoms with Crippen LogP contribution in [0.1, 0.15) is 13.3 Å². The van der Waals surface area contributed by atoms with Crippen molar-refractivity contribution in [2.24, 2.45) is 0 Å². The minimum Gasteiger partial charge on any atom is -0.373 e. The fourth-order valence-electron chi connectivity index (χ4n) is 3.01. The molecule has 0 fully saturated rings.